The highest BCUT2D eigenvalue weighted by Crippen LogP contribution is 2.39. The number of rotatable bonds is 6. The molecule has 1 amide bonds. The highest BCUT2D eigenvalue weighted by Gasteiger charge is 2.29. The van der Waals surface area contributed by atoms with E-state index in [1.54, 1.807) is 6.92 Å². The van der Waals surface area contributed by atoms with E-state index in [1.165, 1.54) is 18.9 Å². The summed E-state index contributed by atoms with van der Waals surface area (Å²) >= 11 is 1.23. The van der Waals surface area contributed by atoms with Crippen LogP contribution >= 0.6 is 11.8 Å². The number of esters is 1. The predicted molar refractivity (Wildman–Crippen MR) is 101 cm³/mol. The number of para-hydroxylation sites is 1. The summed E-state index contributed by atoms with van der Waals surface area (Å²) in [5, 5.41) is 3.39. The first-order valence-corrected chi connectivity index (χ1v) is 9.43. The van der Waals surface area contributed by atoms with Crippen LogP contribution in [0.5, 0.6) is 0 Å². The van der Waals surface area contributed by atoms with E-state index in [4.69, 9.17) is 4.74 Å². The van der Waals surface area contributed by atoms with Crippen molar-refractivity contribution in [2.24, 2.45) is 0 Å². The number of thioether (sulfide) groups is 1. The van der Waals surface area contributed by atoms with Gasteiger partial charge in [0.15, 0.2) is 0 Å². The Hall–Kier alpha value is -2.41. The molecular weight excluding hydrogens is 350 g/mol. The fraction of sp³-hybridized carbons (Fsp3) is 0.368. The molecule has 1 aromatic heterocycles. The third-order valence-corrected chi connectivity index (χ3v) is 5.14. The van der Waals surface area contributed by atoms with Gasteiger partial charge in [0.2, 0.25) is 5.91 Å². The molecule has 0 bridgehead atoms. The topological polar surface area (TPSA) is 81.2 Å². The number of anilines is 1. The van der Waals surface area contributed by atoms with Crippen molar-refractivity contribution >= 4 is 29.3 Å². The van der Waals surface area contributed by atoms with Gasteiger partial charge >= 0.3 is 5.97 Å². The first-order chi connectivity index (χ1) is 12.5. The molecule has 1 fully saturated rings. The molecule has 136 valence electrons. The van der Waals surface area contributed by atoms with Crippen LogP contribution in [0, 0.1) is 13.8 Å². The van der Waals surface area contributed by atoms with Gasteiger partial charge in [-0.1, -0.05) is 30.0 Å². The molecule has 0 spiro atoms. The Labute approximate surface area is 156 Å². The summed E-state index contributed by atoms with van der Waals surface area (Å²) in [4.78, 5) is 33.4. The smallest absolute Gasteiger partial charge is 0.342 e. The number of methoxy groups -OCH3 is 1. The molecule has 3 rings (SSSR count). The van der Waals surface area contributed by atoms with E-state index < -0.39 is 5.97 Å². The molecule has 0 saturated heterocycles. The van der Waals surface area contributed by atoms with Gasteiger partial charge in [0.05, 0.1) is 18.6 Å². The zero-order valence-electron chi connectivity index (χ0n) is 15.0. The number of ether oxygens (including phenoxy) is 1. The molecular formula is C19H21N3O3S. The van der Waals surface area contributed by atoms with Crippen molar-refractivity contribution in [3.05, 3.63) is 46.9 Å². The standard InChI is InChI=1S/C19H21N3O3S/c1-11-6-4-5-7-14(11)21-15(23)10-26-18-16(19(24)25-3)12(2)20-17(22-18)13-8-9-13/h4-7,13H,8-10H2,1-3H3,(H,21,23). The van der Waals surface area contributed by atoms with E-state index in [2.05, 4.69) is 15.3 Å². The highest BCUT2D eigenvalue weighted by molar-refractivity contribution is 8.00. The molecule has 1 aliphatic rings. The van der Waals surface area contributed by atoms with Crippen LogP contribution in [0.3, 0.4) is 0 Å². The molecule has 1 N–H and O–H groups in total. The molecule has 0 unspecified atom stereocenters. The Morgan fingerprint density at radius 3 is 2.62 bits per heavy atom. The molecule has 0 radical (unpaired) electrons. The highest BCUT2D eigenvalue weighted by atomic mass is 32.2. The van der Waals surface area contributed by atoms with E-state index >= 15 is 0 Å². The maximum atomic E-state index is 12.3. The molecule has 1 heterocycles. The summed E-state index contributed by atoms with van der Waals surface area (Å²) in [5.74, 6) is 0.632. The minimum absolute atomic E-state index is 0.149. The Balaban J connectivity index is 1.76. The van der Waals surface area contributed by atoms with Crippen LogP contribution in [-0.2, 0) is 9.53 Å². The van der Waals surface area contributed by atoms with E-state index in [0.717, 1.165) is 29.9 Å². The van der Waals surface area contributed by atoms with E-state index in [0.29, 0.717) is 22.2 Å². The van der Waals surface area contributed by atoms with Crippen LogP contribution in [0.1, 0.15) is 46.2 Å². The van der Waals surface area contributed by atoms with Gasteiger partial charge < -0.3 is 10.1 Å². The molecule has 1 saturated carbocycles. The molecule has 2 aromatic rings. The molecule has 26 heavy (non-hydrogen) atoms. The summed E-state index contributed by atoms with van der Waals surface area (Å²) in [7, 11) is 1.33. The average molecular weight is 371 g/mol. The minimum Gasteiger partial charge on any atom is -0.465 e. The SMILES string of the molecule is COC(=O)c1c(C)nc(C2CC2)nc1SCC(=O)Nc1ccccc1C. The maximum absolute atomic E-state index is 12.3. The second-order valence-corrected chi connectivity index (χ2v) is 7.23. The number of hydrogen-bond acceptors (Lipinski definition) is 6. The number of nitrogens with one attached hydrogen (secondary N) is 1. The van der Waals surface area contributed by atoms with Crippen LogP contribution in [0.4, 0.5) is 5.69 Å². The van der Waals surface area contributed by atoms with Crippen LogP contribution in [0.2, 0.25) is 0 Å². The van der Waals surface area contributed by atoms with Crippen molar-refractivity contribution < 1.29 is 14.3 Å². The zero-order chi connectivity index (χ0) is 18.7. The van der Waals surface area contributed by atoms with Crippen LogP contribution < -0.4 is 5.32 Å². The van der Waals surface area contributed by atoms with Crippen molar-refractivity contribution in [3.8, 4) is 0 Å². The van der Waals surface area contributed by atoms with Crippen molar-refractivity contribution in [2.75, 3.05) is 18.2 Å². The van der Waals surface area contributed by atoms with Crippen molar-refractivity contribution in [3.63, 3.8) is 0 Å². The summed E-state index contributed by atoms with van der Waals surface area (Å²) in [6, 6.07) is 7.60. The zero-order valence-corrected chi connectivity index (χ0v) is 15.9. The van der Waals surface area contributed by atoms with Crippen molar-refractivity contribution in [2.45, 2.75) is 37.6 Å². The number of carbonyl (C=O) groups excluding carboxylic acids is 2. The van der Waals surface area contributed by atoms with Gasteiger partial charge in [-0.2, -0.15) is 0 Å². The monoisotopic (exact) mass is 371 g/mol. The summed E-state index contributed by atoms with van der Waals surface area (Å²) in [6.07, 6.45) is 2.13. The molecule has 0 aliphatic heterocycles. The lowest BCUT2D eigenvalue weighted by Gasteiger charge is -2.12. The van der Waals surface area contributed by atoms with Crippen molar-refractivity contribution in [1.29, 1.82) is 0 Å². The van der Waals surface area contributed by atoms with Gasteiger partial charge in [-0.3, -0.25) is 4.79 Å². The van der Waals surface area contributed by atoms with Gasteiger partial charge in [-0.05, 0) is 38.3 Å². The average Bonchev–Trinajstić information content (AvgIpc) is 3.46. The van der Waals surface area contributed by atoms with Crippen LogP contribution in [-0.4, -0.2) is 34.7 Å². The van der Waals surface area contributed by atoms with Gasteiger partial charge in [0.25, 0.3) is 0 Å². The Bertz CT molecular complexity index is 850. The Morgan fingerprint density at radius 2 is 1.96 bits per heavy atom. The van der Waals surface area contributed by atoms with Gasteiger partial charge in [0.1, 0.15) is 16.4 Å². The predicted octanol–water partition coefficient (Wildman–Crippen LogP) is 3.49. The first-order valence-electron chi connectivity index (χ1n) is 8.44. The number of carbonyl (C=O) groups is 2. The number of benzene rings is 1. The first kappa shape index (κ1) is 18.4. The fourth-order valence-corrected chi connectivity index (χ4v) is 3.44. The van der Waals surface area contributed by atoms with Crippen LogP contribution in [0.25, 0.3) is 0 Å². The Morgan fingerprint density at radius 1 is 1.23 bits per heavy atom. The van der Waals surface area contributed by atoms with Gasteiger partial charge in [-0.25, -0.2) is 14.8 Å². The second-order valence-electron chi connectivity index (χ2n) is 6.26. The summed E-state index contributed by atoms with van der Waals surface area (Å²) in [5.41, 5.74) is 2.71. The number of aryl methyl sites for hydroxylation is 2. The third kappa shape index (κ3) is 4.22. The van der Waals surface area contributed by atoms with E-state index in [9.17, 15) is 9.59 Å². The fourth-order valence-electron chi connectivity index (χ4n) is 2.57. The molecule has 6 nitrogen and oxygen atoms in total. The number of amides is 1. The number of aromatic nitrogens is 2. The lowest BCUT2D eigenvalue weighted by molar-refractivity contribution is -0.113. The lowest BCUT2D eigenvalue weighted by Crippen LogP contribution is -2.16. The lowest BCUT2D eigenvalue weighted by atomic mass is 10.2. The largest absolute Gasteiger partial charge is 0.465 e. The normalized spacial score (nSPS) is 13.3. The van der Waals surface area contributed by atoms with Gasteiger partial charge in [0, 0.05) is 11.6 Å². The third-order valence-electron chi connectivity index (χ3n) is 4.17. The van der Waals surface area contributed by atoms with E-state index in [1.807, 2.05) is 31.2 Å². The number of hydrogen-bond donors (Lipinski definition) is 1. The van der Waals surface area contributed by atoms with Crippen LogP contribution in [0.15, 0.2) is 29.3 Å². The summed E-state index contributed by atoms with van der Waals surface area (Å²) < 4.78 is 4.86. The molecule has 0 atom stereocenters. The molecule has 1 aromatic carbocycles. The number of nitrogens with zero attached hydrogens (tertiary/aromatic N) is 2. The Kier molecular flexibility index (Phi) is 5.56. The van der Waals surface area contributed by atoms with Crippen molar-refractivity contribution in [1.82, 2.24) is 9.97 Å². The molecule has 1 aliphatic carbocycles. The minimum atomic E-state index is -0.480. The van der Waals surface area contributed by atoms with Gasteiger partial charge in [-0.15, -0.1) is 0 Å². The summed E-state index contributed by atoms with van der Waals surface area (Å²) in [6.45, 7) is 3.71. The quantitative estimate of drug-likeness (QED) is 0.476. The second kappa shape index (κ2) is 7.86. The maximum Gasteiger partial charge on any atom is 0.342 e. The van der Waals surface area contributed by atoms with E-state index in [-0.39, 0.29) is 11.7 Å². The molecule has 7 heteroatoms.